The normalized spacial score (nSPS) is 42.7. The van der Waals surface area contributed by atoms with Crippen molar-refractivity contribution in [1.82, 2.24) is 0 Å². The zero-order valence-corrected chi connectivity index (χ0v) is 13.3. The van der Waals surface area contributed by atoms with Gasteiger partial charge in [-0.3, -0.25) is 9.59 Å². The molecule has 0 aromatic rings. The van der Waals surface area contributed by atoms with Crippen LogP contribution in [0, 0.1) is 33.5 Å². The molecule has 2 heteroatoms. The van der Waals surface area contributed by atoms with Crippen molar-refractivity contribution < 1.29 is 9.59 Å². The Labute approximate surface area is 121 Å². The summed E-state index contributed by atoms with van der Waals surface area (Å²) in [4.78, 5) is 25.9. The van der Waals surface area contributed by atoms with Crippen LogP contribution in [0.15, 0.2) is 24.3 Å². The second-order valence-electron chi connectivity index (χ2n) is 8.67. The van der Waals surface area contributed by atoms with Crippen molar-refractivity contribution in [3.05, 3.63) is 24.3 Å². The first-order valence-corrected chi connectivity index (χ1v) is 7.48. The van der Waals surface area contributed by atoms with Gasteiger partial charge in [0.1, 0.15) is 0 Å². The van der Waals surface area contributed by atoms with Gasteiger partial charge in [0.15, 0.2) is 0 Å². The minimum Gasteiger partial charge on any atom is -0.290 e. The average molecular weight is 272 g/mol. The number of allylic oxidation sites excluding steroid dienone is 4. The fourth-order valence-electron chi connectivity index (χ4n) is 4.70. The third kappa shape index (κ3) is 1.14. The van der Waals surface area contributed by atoms with Crippen LogP contribution in [0.5, 0.6) is 0 Å². The van der Waals surface area contributed by atoms with Gasteiger partial charge in [0.25, 0.3) is 0 Å². The summed E-state index contributed by atoms with van der Waals surface area (Å²) >= 11 is 0. The molecule has 0 radical (unpaired) electrons. The van der Waals surface area contributed by atoms with Gasteiger partial charge >= 0.3 is 0 Å². The molecule has 20 heavy (non-hydrogen) atoms. The minimum absolute atomic E-state index is 0.173. The molecule has 0 saturated heterocycles. The Kier molecular flexibility index (Phi) is 2.31. The predicted molar refractivity (Wildman–Crippen MR) is 79.1 cm³/mol. The molecule has 108 valence electrons. The molecule has 0 aromatic heterocycles. The van der Waals surface area contributed by atoms with Gasteiger partial charge in [0, 0.05) is 11.8 Å². The van der Waals surface area contributed by atoms with Crippen molar-refractivity contribution in [2.24, 2.45) is 33.5 Å². The molecule has 4 atom stereocenters. The lowest BCUT2D eigenvalue weighted by atomic mass is 9.35. The first-order valence-electron chi connectivity index (χ1n) is 7.48. The Morgan fingerprint density at radius 2 is 1.05 bits per heavy atom. The third-order valence-electron chi connectivity index (χ3n) is 6.01. The molecule has 0 N–H and O–H groups in total. The number of hydrogen-bond acceptors (Lipinski definition) is 2. The summed E-state index contributed by atoms with van der Waals surface area (Å²) in [6.45, 7) is 12.4. The van der Waals surface area contributed by atoms with Crippen molar-refractivity contribution in [3.8, 4) is 0 Å². The number of hydrogen-bond donors (Lipinski definition) is 0. The average Bonchev–Trinajstić information content (AvgIpc) is 2.22. The van der Waals surface area contributed by atoms with Crippen LogP contribution in [-0.2, 0) is 9.59 Å². The second-order valence-corrected chi connectivity index (χ2v) is 8.67. The van der Waals surface area contributed by atoms with Crippen LogP contribution in [0.2, 0.25) is 0 Å². The standard InChI is InChI=1S/C18H24O2/c1-15(2,3)17-9-10-18(16(4,5)6,14(20)13(17)19)12-8-7-11(12)17/h7-12H,1-6H3/t11-,12-,17-,18+/m1/s1. The molecular weight excluding hydrogens is 248 g/mol. The van der Waals surface area contributed by atoms with E-state index in [-0.39, 0.29) is 34.2 Å². The quantitative estimate of drug-likeness (QED) is 0.499. The summed E-state index contributed by atoms with van der Waals surface area (Å²) in [6, 6.07) is 0. The first kappa shape index (κ1) is 13.8. The molecule has 2 nitrogen and oxygen atoms in total. The number of Topliss-reactive ketones (excluding diaryl/α,β-unsaturated/α-hetero) is 2. The van der Waals surface area contributed by atoms with Gasteiger partial charge in [-0.2, -0.15) is 0 Å². The number of carbonyl (C=O) groups excluding carboxylic acids is 2. The Bertz CT molecular complexity index is 517. The summed E-state index contributed by atoms with van der Waals surface area (Å²) in [6.07, 6.45) is 8.41. The molecule has 0 heterocycles. The van der Waals surface area contributed by atoms with Gasteiger partial charge in [-0.25, -0.2) is 0 Å². The molecule has 0 spiro atoms. The lowest BCUT2D eigenvalue weighted by Gasteiger charge is -2.65. The van der Waals surface area contributed by atoms with Crippen molar-refractivity contribution in [2.45, 2.75) is 41.5 Å². The van der Waals surface area contributed by atoms with Gasteiger partial charge in [-0.1, -0.05) is 65.8 Å². The molecular formula is C18H24O2. The van der Waals surface area contributed by atoms with Gasteiger partial charge < -0.3 is 0 Å². The van der Waals surface area contributed by atoms with Crippen LogP contribution in [0.25, 0.3) is 0 Å². The number of carbonyl (C=O) groups is 2. The Morgan fingerprint density at radius 3 is 1.25 bits per heavy atom. The van der Waals surface area contributed by atoms with E-state index in [2.05, 4.69) is 65.8 Å². The maximum absolute atomic E-state index is 13.0. The van der Waals surface area contributed by atoms with Gasteiger partial charge in [-0.15, -0.1) is 0 Å². The zero-order chi connectivity index (χ0) is 15.1. The summed E-state index contributed by atoms with van der Waals surface area (Å²) in [5.74, 6) is 0.00917. The highest BCUT2D eigenvalue weighted by molar-refractivity contribution is 6.44. The van der Waals surface area contributed by atoms with E-state index in [4.69, 9.17) is 0 Å². The molecule has 0 aromatic carbocycles. The van der Waals surface area contributed by atoms with E-state index in [0.29, 0.717) is 0 Å². The Balaban J connectivity index is 2.31. The number of fused-ring (bicyclic) bond motifs is 1. The Hall–Kier alpha value is -1.18. The number of ketones is 2. The topological polar surface area (TPSA) is 34.1 Å². The molecule has 2 bridgehead atoms. The van der Waals surface area contributed by atoms with E-state index < -0.39 is 10.8 Å². The van der Waals surface area contributed by atoms with E-state index in [1.165, 1.54) is 0 Å². The van der Waals surface area contributed by atoms with Gasteiger partial charge in [0.05, 0.1) is 10.8 Å². The van der Waals surface area contributed by atoms with Crippen LogP contribution in [0.3, 0.4) is 0 Å². The molecule has 4 aliphatic rings. The smallest absolute Gasteiger partial charge is 0.210 e. The maximum Gasteiger partial charge on any atom is 0.210 e. The highest BCUT2D eigenvalue weighted by atomic mass is 16.2. The van der Waals surface area contributed by atoms with Gasteiger partial charge in [0.2, 0.25) is 11.6 Å². The molecule has 0 unspecified atom stereocenters. The largest absolute Gasteiger partial charge is 0.290 e. The molecule has 4 aliphatic carbocycles. The van der Waals surface area contributed by atoms with E-state index in [9.17, 15) is 9.59 Å². The lowest BCUT2D eigenvalue weighted by Crippen LogP contribution is -2.70. The van der Waals surface area contributed by atoms with E-state index in [1.54, 1.807) is 0 Å². The number of rotatable bonds is 0. The van der Waals surface area contributed by atoms with E-state index in [1.807, 2.05) is 0 Å². The summed E-state index contributed by atoms with van der Waals surface area (Å²) < 4.78 is 0. The van der Waals surface area contributed by atoms with E-state index in [0.717, 1.165) is 0 Å². The minimum atomic E-state index is -0.642. The monoisotopic (exact) mass is 272 g/mol. The first-order chi connectivity index (χ1) is 9.00. The van der Waals surface area contributed by atoms with Gasteiger partial charge in [-0.05, 0) is 10.8 Å². The van der Waals surface area contributed by atoms with Crippen molar-refractivity contribution in [3.63, 3.8) is 0 Å². The molecule has 4 rings (SSSR count). The van der Waals surface area contributed by atoms with E-state index >= 15 is 0 Å². The SMILES string of the molecule is CC(C)(C)[C@@]12C=C[C@@](C(C)(C)C)(C(=O)C1=O)[C@@H]1C=C[C@H]12. The summed E-state index contributed by atoms with van der Waals surface area (Å²) in [5, 5.41) is 0. The molecule has 0 amide bonds. The van der Waals surface area contributed by atoms with Crippen LogP contribution in [-0.4, -0.2) is 11.6 Å². The fourth-order valence-corrected chi connectivity index (χ4v) is 4.70. The summed E-state index contributed by atoms with van der Waals surface area (Å²) in [5.41, 5.74) is -1.77. The van der Waals surface area contributed by atoms with Crippen LogP contribution in [0.4, 0.5) is 0 Å². The van der Waals surface area contributed by atoms with Crippen molar-refractivity contribution in [2.75, 3.05) is 0 Å². The molecule has 1 fully saturated rings. The predicted octanol–water partition coefficient (Wildman–Crippen LogP) is 3.58. The van der Waals surface area contributed by atoms with Crippen molar-refractivity contribution in [1.29, 1.82) is 0 Å². The zero-order valence-electron chi connectivity index (χ0n) is 13.3. The van der Waals surface area contributed by atoms with Crippen molar-refractivity contribution >= 4 is 11.6 Å². The highest BCUT2D eigenvalue weighted by Gasteiger charge is 2.72. The van der Waals surface area contributed by atoms with Crippen LogP contribution < -0.4 is 0 Å². The Morgan fingerprint density at radius 1 is 0.750 bits per heavy atom. The second kappa shape index (κ2) is 3.35. The molecule has 1 saturated carbocycles. The maximum atomic E-state index is 13.0. The van der Waals surface area contributed by atoms with Crippen LogP contribution >= 0.6 is 0 Å². The molecule has 0 aliphatic heterocycles. The summed E-state index contributed by atoms with van der Waals surface area (Å²) in [7, 11) is 0. The third-order valence-corrected chi connectivity index (χ3v) is 6.01. The fraction of sp³-hybridized carbons (Fsp3) is 0.667. The highest BCUT2D eigenvalue weighted by Crippen LogP contribution is 2.69. The van der Waals surface area contributed by atoms with Crippen LogP contribution in [0.1, 0.15) is 41.5 Å². The lowest BCUT2D eigenvalue weighted by molar-refractivity contribution is -0.171.